The zero-order valence-corrected chi connectivity index (χ0v) is 43.0. The van der Waals surface area contributed by atoms with Crippen LogP contribution >= 0.6 is 24.8 Å². The van der Waals surface area contributed by atoms with Crippen LogP contribution in [0.2, 0.25) is 19.6 Å². The average molecular weight is 887 g/mol. The van der Waals surface area contributed by atoms with E-state index in [2.05, 4.69) is 202 Å². The molecule has 4 aromatic rings. The van der Waals surface area contributed by atoms with Gasteiger partial charge in [-0.25, -0.2) is 0 Å². The van der Waals surface area contributed by atoms with Crippen LogP contribution in [0.5, 0.6) is 0 Å². The molecule has 1 unspecified atom stereocenters. The van der Waals surface area contributed by atoms with Crippen molar-refractivity contribution >= 4 is 46.9 Å². The minimum atomic E-state index is -5.24. The maximum atomic E-state index is 6.10. The van der Waals surface area contributed by atoms with Crippen LogP contribution in [-0.4, -0.2) is 12.3 Å². The van der Waals surface area contributed by atoms with Gasteiger partial charge in [0.15, 0.2) is 0 Å². The first-order valence-corrected chi connectivity index (χ1v) is 30.7. The van der Waals surface area contributed by atoms with Gasteiger partial charge in [-0.3, -0.25) is 0 Å². The topological polar surface area (TPSA) is 0 Å². The number of allylic oxidation sites excluding steroid dienone is 4. The first kappa shape index (κ1) is 46.6. The molecule has 2 aliphatic carbocycles. The second-order valence-electron chi connectivity index (χ2n) is 22.3. The number of benzene rings is 4. The normalized spacial score (nSPS) is 16.5. The van der Waals surface area contributed by atoms with E-state index in [0.717, 1.165) is 6.42 Å². The molecule has 1 atom stereocenters. The quantitative estimate of drug-likeness (QED) is 0.154. The Morgan fingerprint density at radius 2 is 1.02 bits per heavy atom. The summed E-state index contributed by atoms with van der Waals surface area (Å²) in [5.74, 6) is 0.291. The van der Waals surface area contributed by atoms with Crippen molar-refractivity contribution < 1.29 is 18.3 Å². The fraction of sp³-hybridized carbons (Fsp3) is 0.442. The Bertz CT molecular complexity index is 2200. The zero-order valence-electron chi connectivity index (χ0n) is 37.9. The van der Waals surface area contributed by atoms with Crippen LogP contribution < -0.4 is 9.81 Å². The summed E-state index contributed by atoms with van der Waals surface area (Å²) >= 11 is -5.24. The van der Waals surface area contributed by atoms with E-state index in [-0.39, 0.29) is 46.5 Å². The molecule has 4 heteroatoms. The van der Waals surface area contributed by atoms with Gasteiger partial charge in [-0.05, 0) is 0 Å². The van der Waals surface area contributed by atoms with Gasteiger partial charge in [0.1, 0.15) is 0 Å². The summed E-state index contributed by atoms with van der Waals surface area (Å²) in [6.07, 6.45) is 3.62. The number of halogens is 2. The van der Waals surface area contributed by atoms with E-state index in [0.29, 0.717) is 5.92 Å². The summed E-state index contributed by atoms with van der Waals surface area (Å²) in [6, 6.07) is 32.3. The van der Waals surface area contributed by atoms with Gasteiger partial charge in [-0.15, -0.1) is 24.8 Å². The summed E-state index contributed by atoms with van der Waals surface area (Å²) in [5.41, 5.74) is 13.1. The summed E-state index contributed by atoms with van der Waals surface area (Å²) in [6.45, 7) is 41.0. The van der Waals surface area contributed by atoms with Crippen LogP contribution in [0.1, 0.15) is 130 Å². The Kier molecular flexibility index (Phi) is 12.4. The molecule has 0 N–H and O–H groups in total. The van der Waals surface area contributed by atoms with Crippen molar-refractivity contribution in [3.05, 3.63) is 132 Å². The number of fused-ring (bicyclic) bond motifs is 3. The Morgan fingerprint density at radius 1 is 0.589 bits per heavy atom. The van der Waals surface area contributed by atoms with Gasteiger partial charge < -0.3 is 0 Å². The van der Waals surface area contributed by atoms with Crippen molar-refractivity contribution in [1.29, 1.82) is 0 Å². The molecule has 302 valence electrons. The molecule has 0 fully saturated rings. The summed E-state index contributed by atoms with van der Waals surface area (Å²) < 4.78 is 12.3. The standard InChI is InChI=1S/C21H25.C10H17Si.2C10H13.CH2.2ClH.Zr/c1-20(2,3)16-7-9-18-14(12-16)11-15-13-17(21(4,5)6)8-10-19(15)18;1-8-6-9(2)10(7-8)11(3,4)5;2*1-10(2,3)9-7-5-4-6-8-9;;;;/h7-10,12H,11H2,1-6H3;7-8H,1-5H3;2*5-8H,1-3H3;1H2;2*1H;. The monoisotopic (exact) mass is 884 g/mol. The van der Waals surface area contributed by atoms with Gasteiger partial charge in [0.2, 0.25) is 0 Å². The van der Waals surface area contributed by atoms with Crippen molar-refractivity contribution in [1.82, 2.24) is 0 Å². The van der Waals surface area contributed by atoms with Crippen LogP contribution in [-0.2, 0) is 46.4 Å². The third-order valence-electron chi connectivity index (χ3n) is 13.2. The average Bonchev–Trinajstić information content (AvgIpc) is 3.58. The second kappa shape index (κ2) is 14.9. The number of hydrogen-bond donors (Lipinski definition) is 0. The molecule has 4 aromatic carbocycles. The van der Waals surface area contributed by atoms with Crippen LogP contribution in [0.4, 0.5) is 0 Å². The zero-order chi connectivity index (χ0) is 40.2. The van der Waals surface area contributed by atoms with Crippen LogP contribution in [0.3, 0.4) is 0 Å². The third-order valence-corrected chi connectivity index (χ3v) is 32.3. The van der Waals surface area contributed by atoms with Crippen LogP contribution in [0.15, 0.2) is 99.0 Å². The van der Waals surface area contributed by atoms with Crippen molar-refractivity contribution in [2.45, 2.75) is 145 Å². The summed E-state index contributed by atoms with van der Waals surface area (Å²) in [5, 5.41) is 1.62. The van der Waals surface area contributed by atoms with Crippen LogP contribution in [0.25, 0.3) is 11.1 Å². The summed E-state index contributed by atoms with van der Waals surface area (Å²) in [4.78, 5) is 0. The Balaban J connectivity index is 0.00000348. The Labute approximate surface area is 356 Å². The molecule has 0 bridgehead atoms. The molecule has 56 heavy (non-hydrogen) atoms. The Morgan fingerprint density at radius 3 is 1.41 bits per heavy atom. The van der Waals surface area contributed by atoms with Gasteiger partial charge in [-0.1, -0.05) is 0 Å². The molecular weight excluding hydrogens is 815 g/mol. The second-order valence-corrected chi connectivity index (χ2v) is 39.9. The SMILES string of the molecule is Cl.Cl.[CH2]=[Zr]([C]1=C(C)C([Si](C)(C)C)=CC1C)([c]1ccc(C(C)(C)C)cc1)([c]1ccc(C(C)(C)C)cc1)[c]1c(C(C)(C)C)ccc2c1Cc1cc(C(C)(C)C)ccc1-2. The molecule has 2 aliphatic rings. The van der Waals surface area contributed by atoms with E-state index in [9.17, 15) is 0 Å². The van der Waals surface area contributed by atoms with Gasteiger partial charge in [0.25, 0.3) is 0 Å². The van der Waals surface area contributed by atoms with E-state index in [1.807, 2.05) is 0 Å². The van der Waals surface area contributed by atoms with E-state index in [1.165, 1.54) is 56.6 Å². The minimum absolute atomic E-state index is 0. The van der Waals surface area contributed by atoms with Crippen molar-refractivity contribution in [3.8, 4) is 11.1 Å². The van der Waals surface area contributed by atoms with E-state index in [1.54, 1.807) is 11.7 Å². The molecule has 0 spiro atoms. The van der Waals surface area contributed by atoms with Crippen molar-refractivity contribution in [3.63, 3.8) is 0 Å². The predicted molar refractivity (Wildman–Crippen MR) is 256 cm³/mol. The van der Waals surface area contributed by atoms with Crippen LogP contribution in [0, 0.1) is 5.92 Å². The molecule has 0 radical (unpaired) electrons. The van der Waals surface area contributed by atoms with E-state index in [4.69, 9.17) is 4.21 Å². The van der Waals surface area contributed by atoms with Gasteiger partial charge in [0, 0.05) is 0 Å². The van der Waals surface area contributed by atoms with Crippen molar-refractivity contribution in [2.75, 3.05) is 0 Å². The molecule has 0 amide bonds. The molecule has 0 saturated heterocycles. The maximum absolute atomic E-state index is 6.10. The number of hydrogen-bond acceptors (Lipinski definition) is 0. The molecule has 0 nitrogen and oxygen atoms in total. The first-order chi connectivity index (χ1) is 24.6. The van der Waals surface area contributed by atoms with E-state index < -0.39 is 26.4 Å². The van der Waals surface area contributed by atoms with Crippen molar-refractivity contribution in [2.24, 2.45) is 5.92 Å². The van der Waals surface area contributed by atoms with Gasteiger partial charge >= 0.3 is 334 Å². The molecule has 0 aromatic heterocycles. The fourth-order valence-corrected chi connectivity index (χ4v) is 31.2. The predicted octanol–water partition coefficient (Wildman–Crippen LogP) is 13.4. The molecule has 0 heterocycles. The number of rotatable bonds is 5. The molecular formula is C52H72Cl2SiZr. The molecule has 0 aliphatic heterocycles. The first-order valence-electron chi connectivity index (χ1n) is 20.6. The fourth-order valence-electron chi connectivity index (χ4n) is 10.2. The molecule has 6 rings (SSSR count). The Hall–Kier alpha value is -2.09. The van der Waals surface area contributed by atoms with E-state index >= 15 is 0 Å². The van der Waals surface area contributed by atoms with Gasteiger partial charge in [-0.2, -0.15) is 0 Å². The molecule has 0 saturated carbocycles. The summed E-state index contributed by atoms with van der Waals surface area (Å²) in [7, 11) is -1.69. The third kappa shape index (κ3) is 7.50. The van der Waals surface area contributed by atoms with Gasteiger partial charge in [0.05, 0.1) is 0 Å².